The molecule has 1 aliphatic rings. The van der Waals surface area contributed by atoms with Gasteiger partial charge in [0.1, 0.15) is 15.1 Å². The van der Waals surface area contributed by atoms with Gasteiger partial charge < -0.3 is 4.74 Å². The Kier molecular flexibility index (Phi) is 3.95. The number of hydrogen-bond donors (Lipinski definition) is 0. The van der Waals surface area contributed by atoms with Crippen molar-refractivity contribution in [3.05, 3.63) is 45.6 Å². The molecule has 0 spiro atoms. The number of benzene rings is 1. The van der Waals surface area contributed by atoms with Crippen LogP contribution < -0.4 is 4.74 Å². The summed E-state index contributed by atoms with van der Waals surface area (Å²) in [6.45, 7) is 1.93. The van der Waals surface area contributed by atoms with Crippen molar-refractivity contribution in [1.29, 1.82) is 0 Å². The second-order valence-electron chi connectivity index (χ2n) is 4.93. The third kappa shape index (κ3) is 3.07. The molecule has 0 N–H and O–H groups in total. The summed E-state index contributed by atoms with van der Waals surface area (Å²) in [6, 6.07) is 7.29. The van der Waals surface area contributed by atoms with Crippen LogP contribution in [0, 0.1) is 6.92 Å². The molecule has 0 amide bonds. The fourth-order valence-electron chi connectivity index (χ4n) is 2.14. The highest BCUT2D eigenvalue weighted by Gasteiger charge is 2.53. The average Bonchev–Trinajstić information content (AvgIpc) is 3.03. The highest BCUT2D eigenvalue weighted by molar-refractivity contribution is 6.51. The molecule has 3 rings (SSSR count). The molecule has 1 heterocycles. The normalized spacial score (nSPS) is 19.4. The predicted molar refractivity (Wildman–Crippen MR) is 85.1 cm³/mol. The van der Waals surface area contributed by atoms with E-state index in [2.05, 4.69) is 10.2 Å². The van der Waals surface area contributed by atoms with Crippen LogP contribution in [0.15, 0.2) is 24.3 Å². The Bertz CT molecular complexity index is 705. The highest BCUT2D eigenvalue weighted by Crippen LogP contribution is 2.61. The molecular formula is C14H10Cl4N2O. The Balaban J connectivity index is 1.98. The zero-order valence-electron chi connectivity index (χ0n) is 10.9. The largest absolute Gasteiger partial charge is 0.436 e. The lowest BCUT2D eigenvalue weighted by atomic mass is 10.1. The molecule has 1 saturated carbocycles. The van der Waals surface area contributed by atoms with E-state index in [0.717, 1.165) is 11.1 Å². The van der Waals surface area contributed by atoms with E-state index in [0.29, 0.717) is 17.2 Å². The van der Waals surface area contributed by atoms with Crippen molar-refractivity contribution >= 4 is 46.4 Å². The molecule has 1 unspecified atom stereocenters. The van der Waals surface area contributed by atoms with Gasteiger partial charge in [-0.3, -0.25) is 0 Å². The van der Waals surface area contributed by atoms with Gasteiger partial charge in [-0.1, -0.05) is 41.4 Å². The fourth-order valence-corrected chi connectivity index (χ4v) is 3.07. The molecule has 0 bridgehead atoms. The maximum Gasteiger partial charge on any atom is 0.257 e. The van der Waals surface area contributed by atoms with Crippen LogP contribution in [-0.4, -0.2) is 14.5 Å². The molecule has 1 atom stereocenters. The molecule has 21 heavy (non-hydrogen) atoms. The fraction of sp³-hybridized carbons (Fsp3) is 0.286. The Morgan fingerprint density at radius 1 is 1.24 bits per heavy atom. The molecule has 1 aliphatic carbocycles. The second kappa shape index (κ2) is 5.47. The number of nitrogens with zero attached hydrogens (tertiary/aromatic N) is 2. The molecule has 110 valence electrons. The lowest BCUT2D eigenvalue weighted by Gasteiger charge is -2.14. The number of aryl methyl sites for hydroxylation is 1. The maximum absolute atomic E-state index is 6.16. The highest BCUT2D eigenvalue weighted by atomic mass is 35.5. The van der Waals surface area contributed by atoms with E-state index in [4.69, 9.17) is 51.1 Å². The monoisotopic (exact) mass is 362 g/mol. The summed E-state index contributed by atoms with van der Waals surface area (Å²) in [5.74, 6) is 0.894. The van der Waals surface area contributed by atoms with Crippen molar-refractivity contribution in [3.8, 4) is 11.6 Å². The Labute approximate surface area is 142 Å². The van der Waals surface area contributed by atoms with Gasteiger partial charge in [0.2, 0.25) is 0 Å². The summed E-state index contributed by atoms with van der Waals surface area (Å²) >= 11 is 24.1. The first-order valence-electron chi connectivity index (χ1n) is 6.22. The van der Waals surface area contributed by atoms with Gasteiger partial charge in [-0.2, -0.15) is 0 Å². The molecule has 0 radical (unpaired) electrons. The summed E-state index contributed by atoms with van der Waals surface area (Å²) in [4.78, 5) is 0. The number of halogens is 4. The minimum Gasteiger partial charge on any atom is -0.436 e. The van der Waals surface area contributed by atoms with Crippen LogP contribution in [0.5, 0.6) is 11.6 Å². The zero-order chi connectivity index (χ0) is 15.2. The molecular weight excluding hydrogens is 354 g/mol. The van der Waals surface area contributed by atoms with Crippen molar-refractivity contribution in [2.24, 2.45) is 0 Å². The van der Waals surface area contributed by atoms with E-state index in [1.807, 2.05) is 25.1 Å². The van der Waals surface area contributed by atoms with E-state index in [9.17, 15) is 0 Å². The van der Waals surface area contributed by atoms with Crippen LogP contribution >= 0.6 is 46.4 Å². The minimum absolute atomic E-state index is 0.0368. The van der Waals surface area contributed by atoms with Gasteiger partial charge in [-0.05, 0) is 18.9 Å². The van der Waals surface area contributed by atoms with Crippen LogP contribution in [0.25, 0.3) is 0 Å². The quantitative estimate of drug-likeness (QED) is 0.671. The van der Waals surface area contributed by atoms with Gasteiger partial charge in [0, 0.05) is 17.5 Å². The van der Waals surface area contributed by atoms with E-state index < -0.39 is 4.33 Å². The lowest BCUT2D eigenvalue weighted by molar-refractivity contribution is 0.446. The zero-order valence-corrected chi connectivity index (χ0v) is 13.9. The van der Waals surface area contributed by atoms with Gasteiger partial charge >= 0.3 is 0 Å². The number of aromatic nitrogens is 2. The Hall–Kier alpha value is -0.740. The van der Waals surface area contributed by atoms with E-state index >= 15 is 0 Å². The standard InChI is InChI=1S/C14H10Cl4N2O/c1-7-3-2-4-8(9-6-14(9,17)18)12(7)21-13-10(15)5-11(16)19-20-13/h2-5,9H,6H2,1H3. The van der Waals surface area contributed by atoms with Crippen LogP contribution in [0.4, 0.5) is 0 Å². The topological polar surface area (TPSA) is 35.0 Å². The van der Waals surface area contributed by atoms with E-state index in [-0.39, 0.29) is 17.0 Å². The third-order valence-electron chi connectivity index (χ3n) is 3.33. The Morgan fingerprint density at radius 2 is 1.95 bits per heavy atom. The number of rotatable bonds is 3. The third-order valence-corrected chi connectivity index (χ3v) is 4.62. The molecule has 3 nitrogen and oxygen atoms in total. The van der Waals surface area contributed by atoms with Gasteiger partial charge in [-0.15, -0.1) is 33.4 Å². The summed E-state index contributed by atoms with van der Waals surface area (Å²) in [5.41, 5.74) is 1.88. The molecule has 0 aliphatic heterocycles. The first kappa shape index (κ1) is 15.2. The molecule has 2 aromatic rings. The number of hydrogen-bond acceptors (Lipinski definition) is 3. The smallest absolute Gasteiger partial charge is 0.257 e. The summed E-state index contributed by atoms with van der Waals surface area (Å²) < 4.78 is 5.10. The number of alkyl halides is 2. The number of ether oxygens (including phenoxy) is 1. The minimum atomic E-state index is -0.735. The molecule has 1 fully saturated rings. The van der Waals surface area contributed by atoms with Crippen LogP contribution in [0.1, 0.15) is 23.5 Å². The molecule has 1 aromatic carbocycles. The van der Waals surface area contributed by atoms with Gasteiger partial charge in [0.15, 0.2) is 5.15 Å². The van der Waals surface area contributed by atoms with E-state index in [1.165, 1.54) is 6.07 Å². The Morgan fingerprint density at radius 3 is 2.57 bits per heavy atom. The van der Waals surface area contributed by atoms with Crippen molar-refractivity contribution in [2.45, 2.75) is 23.6 Å². The average molecular weight is 364 g/mol. The lowest BCUT2D eigenvalue weighted by Crippen LogP contribution is -1.99. The summed E-state index contributed by atoms with van der Waals surface area (Å²) in [5, 5.41) is 8.11. The molecule has 1 aromatic heterocycles. The van der Waals surface area contributed by atoms with Crippen molar-refractivity contribution in [3.63, 3.8) is 0 Å². The van der Waals surface area contributed by atoms with E-state index in [1.54, 1.807) is 0 Å². The van der Waals surface area contributed by atoms with Crippen LogP contribution in [0.3, 0.4) is 0 Å². The number of para-hydroxylation sites is 1. The summed E-state index contributed by atoms with van der Waals surface area (Å²) in [7, 11) is 0. The van der Waals surface area contributed by atoms with Gasteiger partial charge in [-0.25, -0.2) is 0 Å². The summed E-state index contributed by atoms with van der Waals surface area (Å²) in [6.07, 6.45) is 0.690. The maximum atomic E-state index is 6.16. The second-order valence-corrected chi connectivity index (χ2v) is 7.27. The first-order valence-corrected chi connectivity index (χ1v) is 7.73. The van der Waals surface area contributed by atoms with Gasteiger partial charge in [0.05, 0.1) is 0 Å². The molecule has 7 heteroatoms. The van der Waals surface area contributed by atoms with Crippen molar-refractivity contribution in [2.75, 3.05) is 0 Å². The van der Waals surface area contributed by atoms with Crippen LogP contribution in [-0.2, 0) is 0 Å². The van der Waals surface area contributed by atoms with Crippen LogP contribution in [0.2, 0.25) is 10.2 Å². The van der Waals surface area contributed by atoms with Crippen molar-refractivity contribution < 1.29 is 4.74 Å². The predicted octanol–water partition coefficient (Wildman–Crippen LogP) is 5.55. The SMILES string of the molecule is Cc1cccc(C2CC2(Cl)Cl)c1Oc1nnc(Cl)cc1Cl. The first-order chi connectivity index (χ1) is 9.88. The van der Waals surface area contributed by atoms with Crippen molar-refractivity contribution in [1.82, 2.24) is 10.2 Å². The van der Waals surface area contributed by atoms with Gasteiger partial charge in [0.25, 0.3) is 5.88 Å². The molecule has 0 saturated heterocycles.